The Balaban J connectivity index is 1.50. The zero-order chi connectivity index (χ0) is 19.4. The molecule has 0 radical (unpaired) electrons. The Labute approximate surface area is 160 Å². The van der Waals surface area contributed by atoms with Crippen LogP contribution in [-0.2, 0) is 11.8 Å². The maximum Gasteiger partial charge on any atom is 0.289 e. The number of carbonyl (C=O) groups is 1. The van der Waals surface area contributed by atoms with Gasteiger partial charge in [-0.1, -0.05) is 11.6 Å². The van der Waals surface area contributed by atoms with Gasteiger partial charge in [-0.05, 0) is 18.2 Å². The van der Waals surface area contributed by atoms with Crippen LogP contribution in [0.15, 0.2) is 35.3 Å². The smallest absolute Gasteiger partial charge is 0.289 e. The molecule has 1 aliphatic rings. The monoisotopic (exact) mass is 394 g/mol. The van der Waals surface area contributed by atoms with Gasteiger partial charge in [-0.3, -0.25) is 9.59 Å². The van der Waals surface area contributed by atoms with Gasteiger partial charge in [0.2, 0.25) is 5.91 Å². The first-order chi connectivity index (χ1) is 12.9. The Morgan fingerprint density at radius 3 is 2.85 bits per heavy atom. The van der Waals surface area contributed by atoms with E-state index in [0.717, 1.165) is 0 Å². The molecule has 144 valence electrons. The molecule has 0 bridgehead atoms. The molecule has 0 aliphatic carbocycles. The zero-order valence-corrected chi connectivity index (χ0v) is 15.6. The molecule has 7 nitrogen and oxygen atoms in total. The number of nitrogens with one attached hydrogen (secondary N) is 1. The van der Waals surface area contributed by atoms with E-state index >= 15 is 0 Å². The molecule has 1 aromatic heterocycles. The fourth-order valence-corrected chi connectivity index (χ4v) is 3.06. The molecular weight excluding hydrogens is 375 g/mol. The minimum Gasteiger partial charge on any atom is -0.489 e. The van der Waals surface area contributed by atoms with Gasteiger partial charge in [0.05, 0.1) is 11.6 Å². The second-order valence-corrected chi connectivity index (χ2v) is 6.71. The molecule has 1 aliphatic heterocycles. The van der Waals surface area contributed by atoms with Crippen LogP contribution < -0.4 is 15.6 Å². The van der Waals surface area contributed by atoms with Crippen LogP contribution in [0, 0.1) is 5.82 Å². The molecule has 0 saturated carbocycles. The number of carbonyl (C=O) groups excluding carboxylic acids is 1. The van der Waals surface area contributed by atoms with E-state index in [1.807, 2.05) is 0 Å². The van der Waals surface area contributed by atoms with Crippen LogP contribution in [0.5, 0.6) is 5.75 Å². The fraction of sp³-hybridized carbons (Fsp3) is 0.389. The SMILES string of the molecule is Cn1nccc(NCC(=O)N2CCC(Oc3cc(F)ccc3Cl)CC2)c1=O. The van der Waals surface area contributed by atoms with Gasteiger partial charge in [0, 0.05) is 45.2 Å². The van der Waals surface area contributed by atoms with Crippen molar-refractivity contribution in [3.05, 3.63) is 51.7 Å². The summed E-state index contributed by atoms with van der Waals surface area (Å²) in [5.74, 6) is -0.192. The van der Waals surface area contributed by atoms with Gasteiger partial charge < -0.3 is 15.0 Å². The number of hydrogen-bond donors (Lipinski definition) is 1. The van der Waals surface area contributed by atoms with Gasteiger partial charge in [0.25, 0.3) is 5.56 Å². The molecule has 0 atom stereocenters. The maximum atomic E-state index is 13.3. The number of aryl methyl sites for hydroxylation is 1. The van der Waals surface area contributed by atoms with E-state index in [1.165, 1.54) is 29.1 Å². The number of rotatable bonds is 5. The number of likely N-dealkylation sites (tertiary alicyclic amines) is 1. The lowest BCUT2D eigenvalue weighted by Gasteiger charge is -2.32. The highest BCUT2D eigenvalue weighted by Gasteiger charge is 2.24. The van der Waals surface area contributed by atoms with Crippen molar-refractivity contribution in [2.45, 2.75) is 18.9 Å². The minimum absolute atomic E-state index is 0.0283. The standard InChI is InChI=1S/C18H20ClFN4O3/c1-23-18(26)15(4-7-22-23)21-11-17(25)24-8-5-13(6-9-24)27-16-10-12(20)2-3-14(16)19/h2-4,7,10,13,21H,5-6,8-9,11H2,1H3. The number of halogens is 2. The second-order valence-electron chi connectivity index (χ2n) is 6.30. The highest BCUT2D eigenvalue weighted by atomic mass is 35.5. The third-order valence-corrected chi connectivity index (χ3v) is 4.73. The van der Waals surface area contributed by atoms with Crippen molar-refractivity contribution in [1.82, 2.24) is 14.7 Å². The van der Waals surface area contributed by atoms with Crippen LogP contribution in [-0.4, -0.2) is 46.3 Å². The summed E-state index contributed by atoms with van der Waals surface area (Å²) in [7, 11) is 1.55. The molecule has 1 amide bonds. The van der Waals surface area contributed by atoms with Gasteiger partial charge in [-0.25, -0.2) is 9.07 Å². The van der Waals surface area contributed by atoms with Gasteiger partial charge in [0.1, 0.15) is 23.4 Å². The minimum atomic E-state index is -0.407. The first-order valence-corrected chi connectivity index (χ1v) is 8.97. The highest BCUT2D eigenvalue weighted by molar-refractivity contribution is 6.32. The molecule has 2 heterocycles. The first kappa shape index (κ1) is 19.2. The molecule has 1 N–H and O–H groups in total. The molecule has 9 heteroatoms. The van der Waals surface area contributed by atoms with E-state index in [0.29, 0.717) is 42.4 Å². The lowest BCUT2D eigenvalue weighted by atomic mass is 10.1. The molecule has 0 unspecified atom stereocenters. The molecule has 1 fully saturated rings. The van der Waals surface area contributed by atoms with Gasteiger partial charge in [0.15, 0.2) is 0 Å². The summed E-state index contributed by atoms with van der Waals surface area (Å²) in [5, 5.41) is 7.05. The Hall–Kier alpha value is -2.61. The summed E-state index contributed by atoms with van der Waals surface area (Å²) in [4.78, 5) is 26.0. The van der Waals surface area contributed by atoms with Crippen LogP contribution >= 0.6 is 11.6 Å². The van der Waals surface area contributed by atoms with Gasteiger partial charge in [-0.15, -0.1) is 0 Å². The van der Waals surface area contributed by atoms with Crippen molar-refractivity contribution in [3.8, 4) is 5.75 Å². The van der Waals surface area contributed by atoms with Crippen molar-refractivity contribution >= 4 is 23.2 Å². The lowest BCUT2D eigenvalue weighted by Crippen LogP contribution is -2.44. The number of hydrogen-bond acceptors (Lipinski definition) is 5. The normalized spacial score (nSPS) is 14.9. The van der Waals surface area contributed by atoms with E-state index in [-0.39, 0.29) is 24.1 Å². The van der Waals surface area contributed by atoms with Crippen LogP contribution in [0.2, 0.25) is 5.02 Å². The van der Waals surface area contributed by atoms with Crippen LogP contribution in [0.25, 0.3) is 0 Å². The van der Waals surface area contributed by atoms with Crippen molar-refractivity contribution in [3.63, 3.8) is 0 Å². The molecular formula is C18H20ClFN4O3. The number of benzene rings is 1. The number of nitrogens with zero attached hydrogens (tertiary/aromatic N) is 3. The number of anilines is 1. The largest absolute Gasteiger partial charge is 0.489 e. The summed E-state index contributed by atoms with van der Waals surface area (Å²) in [5.41, 5.74) is 0.0456. The van der Waals surface area contributed by atoms with Crippen LogP contribution in [0.1, 0.15) is 12.8 Å². The molecule has 3 rings (SSSR count). The first-order valence-electron chi connectivity index (χ1n) is 8.59. The molecule has 1 saturated heterocycles. The lowest BCUT2D eigenvalue weighted by molar-refractivity contribution is -0.131. The van der Waals surface area contributed by atoms with Crippen molar-refractivity contribution in [2.24, 2.45) is 7.05 Å². The predicted molar refractivity (Wildman–Crippen MR) is 99.6 cm³/mol. The van der Waals surface area contributed by atoms with Crippen LogP contribution in [0.3, 0.4) is 0 Å². The van der Waals surface area contributed by atoms with Crippen molar-refractivity contribution in [1.29, 1.82) is 0 Å². The van der Waals surface area contributed by atoms with E-state index in [2.05, 4.69) is 10.4 Å². The van der Waals surface area contributed by atoms with Crippen LogP contribution in [0.4, 0.5) is 10.1 Å². The van der Waals surface area contributed by atoms with E-state index in [4.69, 9.17) is 16.3 Å². The summed E-state index contributed by atoms with van der Waals surface area (Å²) >= 11 is 6.02. The fourth-order valence-electron chi connectivity index (χ4n) is 2.89. The average molecular weight is 395 g/mol. The van der Waals surface area contributed by atoms with Gasteiger partial charge >= 0.3 is 0 Å². The Bertz CT molecular complexity index is 881. The van der Waals surface area contributed by atoms with Gasteiger partial charge in [-0.2, -0.15) is 5.10 Å². The molecule has 27 heavy (non-hydrogen) atoms. The van der Waals surface area contributed by atoms with Crippen molar-refractivity contribution in [2.75, 3.05) is 25.0 Å². The summed E-state index contributed by atoms with van der Waals surface area (Å²) < 4.78 is 20.3. The third-order valence-electron chi connectivity index (χ3n) is 4.42. The summed E-state index contributed by atoms with van der Waals surface area (Å²) in [6, 6.07) is 5.54. The van der Waals surface area contributed by atoms with Crippen molar-refractivity contribution < 1.29 is 13.9 Å². The van der Waals surface area contributed by atoms with E-state index < -0.39 is 5.82 Å². The molecule has 1 aromatic carbocycles. The Kier molecular flexibility index (Phi) is 5.95. The Morgan fingerprint density at radius 2 is 2.11 bits per heavy atom. The second kappa shape index (κ2) is 8.39. The third kappa shape index (κ3) is 4.77. The number of ether oxygens (including phenoxy) is 1. The van der Waals surface area contributed by atoms with E-state index in [9.17, 15) is 14.0 Å². The maximum absolute atomic E-state index is 13.3. The highest BCUT2D eigenvalue weighted by Crippen LogP contribution is 2.28. The zero-order valence-electron chi connectivity index (χ0n) is 14.8. The predicted octanol–water partition coefficient (Wildman–Crippen LogP) is 2.05. The van der Waals surface area contributed by atoms with E-state index in [1.54, 1.807) is 18.0 Å². The number of aromatic nitrogens is 2. The molecule has 0 spiro atoms. The molecule has 2 aromatic rings. The average Bonchev–Trinajstić information content (AvgIpc) is 2.66. The summed E-state index contributed by atoms with van der Waals surface area (Å²) in [6.07, 6.45) is 2.61. The summed E-state index contributed by atoms with van der Waals surface area (Å²) in [6.45, 7) is 1.07. The topological polar surface area (TPSA) is 76.5 Å². The number of piperidine rings is 1. The number of amides is 1. The quantitative estimate of drug-likeness (QED) is 0.840. The Morgan fingerprint density at radius 1 is 1.37 bits per heavy atom.